The Morgan fingerprint density at radius 2 is 2.28 bits per heavy atom. The molecule has 1 aliphatic heterocycles. The molecule has 5 nitrogen and oxygen atoms in total. The van der Waals surface area contributed by atoms with Crippen LogP contribution in [0.4, 0.5) is 0 Å². The van der Waals surface area contributed by atoms with Crippen LogP contribution >= 0.6 is 0 Å². The summed E-state index contributed by atoms with van der Waals surface area (Å²) in [4.78, 5) is 16.4. The predicted octanol–water partition coefficient (Wildman–Crippen LogP) is 1.51. The molecule has 2 rings (SSSR count). The molecule has 1 aliphatic rings. The van der Waals surface area contributed by atoms with Crippen LogP contribution in [0.15, 0.2) is 16.9 Å². The maximum atomic E-state index is 12.4. The highest BCUT2D eigenvalue weighted by Crippen LogP contribution is 2.25. The Bertz CT molecular complexity index is 408. The van der Waals surface area contributed by atoms with Gasteiger partial charge in [-0.15, -0.1) is 0 Å². The third-order valence-corrected chi connectivity index (χ3v) is 3.42. The molecular formula is C13H21N3O2. The van der Waals surface area contributed by atoms with Crippen LogP contribution in [-0.4, -0.2) is 46.0 Å². The number of hydrogen-bond donors (Lipinski definition) is 0. The maximum absolute atomic E-state index is 12.4. The fourth-order valence-corrected chi connectivity index (χ4v) is 2.42. The zero-order valence-electron chi connectivity index (χ0n) is 11.5. The van der Waals surface area contributed by atoms with Crippen molar-refractivity contribution in [3.8, 4) is 0 Å². The first-order chi connectivity index (χ1) is 8.39. The van der Waals surface area contributed by atoms with E-state index in [-0.39, 0.29) is 17.5 Å². The Kier molecular flexibility index (Phi) is 3.43. The minimum Gasteiger partial charge on any atom is -0.364 e. The summed E-state index contributed by atoms with van der Waals surface area (Å²) in [6.45, 7) is 7.70. The summed E-state index contributed by atoms with van der Waals surface area (Å²) in [5.41, 5.74) is 0.764. The van der Waals surface area contributed by atoms with Gasteiger partial charge in [0.2, 0.25) is 5.91 Å². The van der Waals surface area contributed by atoms with Crippen molar-refractivity contribution in [1.29, 1.82) is 0 Å². The quantitative estimate of drug-likeness (QED) is 0.817. The van der Waals surface area contributed by atoms with Crippen molar-refractivity contribution >= 4 is 5.91 Å². The Morgan fingerprint density at radius 1 is 1.56 bits per heavy atom. The molecule has 0 radical (unpaired) electrons. The minimum absolute atomic E-state index is 0.0408. The predicted molar refractivity (Wildman–Crippen MR) is 67.8 cm³/mol. The van der Waals surface area contributed by atoms with Crippen molar-refractivity contribution in [3.05, 3.63) is 18.0 Å². The topological polar surface area (TPSA) is 49.6 Å². The fraction of sp³-hybridized carbons (Fsp3) is 0.692. The van der Waals surface area contributed by atoms with Gasteiger partial charge in [0.25, 0.3) is 0 Å². The molecule has 0 aromatic carbocycles. The van der Waals surface area contributed by atoms with Crippen LogP contribution in [0, 0.1) is 0 Å². The van der Waals surface area contributed by atoms with Crippen LogP contribution in [-0.2, 0) is 11.3 Å². The van der Waals surface area contributed by atoms with E-state index in [2.05, 4.69) is 25.9 Å². The summed E-state index contributed by atoms with van der Waals surface area (Å²) in [7, 11) is 1.96. The number of aromatic nitrogens is 1. The monoisotopic (exact) mass is 251 g/mol. The summed E-state index contributed by atoms with van der Waals surface area (Å²) in [6.07, 6.45) is 2.44. The Morgan fingerprint density at radius 3 is 2.78 bits per heavy atom. The molecule has 1 atom stereocenters. The number of likely N-dealkylation sites (tertiary alicyclic amines) is 1. The molecule has 2 heterocycles. The van der Waals surface area contributed by atoms with E-state index in [1.807, 2.05) is 22.9 Å². The van der Waals surface area contributed by atoms with E-state index in [0.29, 0.717) is 6.54 Å². The highest BCUT2D eigenvalue weighted by molar-refractivity contribution is 5.84. The average Bonchev–Trinajstić information content (AvgIpc) is 2.85. The molecule has 5 heteroatoms. The van der Waals surface area contributed by atoms with Gasteiger partial charge in [0.1, 0.15) is 6.26 Å². The average molecular weight is 251 g/mol. The summed E-state index contributed by atoms with van der Waals surface area (Å²) in [6, 6.07) is 1.79. The lowest BCUT2D eigenvalue weighted by Crippen LogP contribution is -2.46. The number of amides is 1. The molecule has 1 aromatic rings. The number of rotatable bonds is 3. The standard InChI is InChI=1S/C13H21N3O2/c1-13(2,3)16-7-5-11(12(16)17)15(4)9-10-6-8-18-14-10/h6,8,11H,5,7,9H2,1-4H3. The van der Waals surface area contributed by atoms with E-state index in [9.17, 15) is 4.79 Å². The number of carbonyl (C=O) groups is 1. The lowest BCUT2D eigenvalue weighted by atomic mass is 10.1. The van der Waals surface area contributed by atoms with Gasteiger partial charge >= 0.3 is 0 Å². The second-order valence-electron chi connectivity index (χ2n) is 5.87. The summed E-state index contributed by atoms with van der Waals surface area (Å²) < 4.78 is 4.81. The van der Waals surface area contributed by atoms with Gasteiger partial charge in [0.15, 0.2) is 0 Å². The van der Waals surface area contributed by atoms with E-state index in [4.69, 9.17) is 4.52 Å². The second-order valence-corrected chi connectivity index (χ2v) is 5.87. The highest BCUT2D eigenvalue weighted by atomic mass is 16.5. The normalized spacial score (nSPS) is 21.1. The number of hydrogen-bond acceptors (Lipinski definition) is 4. The van der Waals surface area contributed by atoms with Gasteiger partial charge in [-0.25, -0.2) is 0 Å². The Balaban J connectivity index is 2.00. The number of likely N-dealkylation sites (N-methyl/N-ethyl adjacent to an activating group) is 1. The molecule has 1 fully saturated rings. The van der Waals surface area contributed by atoms with Crippen molar-refractivity contribution < 1.29 is 9.32 Å². The smallest absolute Gasteiger partial charge is 0.240 e. The molecule has 1 unspecified atom stereocenters. The molecule has 100 valence electrons. The lowest BCUT2D eigenvalue weighted by Gasteiger charge is -2.32. The molecule has 1 aromatic heterocycles. The van der Waals surface area contributed by atoms with E-state index < -0.39 is 0 Å². The molecule has 1 amide bonds. The zero-order chi connectivity index (χ0) is 13.3. The largest absolute Gasteiger partial charge is 0.364 e. The van der Waals surface area contributed by atoms with Crippen LogP contribution in [0.5, 0.6) is 0 Å². The van der Waals surface area contributed by atoms with Crippen LogP contribution in [0.1, 0.15) is 32.9 Å². The van der Waals surface area contributed by atoms with Gasteiger partial charge < -0.3 is 9.42 Å². The van der Waals surface area contributed by atoms with E-state index in [1.54, 1.807) is 6.26 Å². The molecule has 0 spiro atoms. The molecule has 18 heavy (non-hydrogen) atoms. The van der Waals surface area contributed by atoms with Gasteiger partial charge in [0.05, 0.1) is 11.7 Å². The van der Waals surface area contributed by atoms with E-state index >= 15 is 0 Å². The van der Waals surface area contributed by atoms with Crippen LogP contribution in [0.3, 0.4) is 0 Å². The first-order valence-corrected chi connectivity index (χ1v) is 6.30. The van der Waals surface area contributed by atoms with Crippen LogP contribution in [0.25, 0.3) is 0 Å². The van der Waals surface area contributed by atoms with Gasteiger partial charge in [-0.05, 0) is 34.2 Å². The fourth-order valence-electron chi connectivity index (χ4n) is 2.42. The SMILES string of the molecule is CN(Cc1ccon1)C1CCN(C(C)(C)C)C1=O. The molecular weight excluding hydrogens is 230 g/mol. The third-order valence-electron chi connectivity index (χ3n) is 3.42. The van der Waals surface area contributed by atoms with Crippen LogP contribution < -0.4 is 0 Å². The van der Waals surface area contributed by atoms with Crippen molar-refractivity contribution in [2.45, 2.75) is 45.3 Å². The van der Waals surface area contributed by atoms with Crippen molar-refractivity contribution in [1.82, 2.24) is 15.0 Å². The minimum atomic E-state index is -0.0967. The maximum Gasteiger partial charge on any atom is 0.240 e. The van der Waals surface area contributed by atoms with Gasteiger partial charge in [-0.1, -0.05) is 5.16 Å². The summed E-state index contributed by atoms with van der Waals surface area (Å²) in [5, 5.41) is 3.88. The van der Waals surface area contributed by atoms with Gasteiger partial charge in [-0.3, -0.25) is 9.69 Å². The van der Waals surface area contributed by atoms with Crippen molar-refractivity contribution in [2.75, 3.05) is 13.6 Å². The molecule has 0 N–H and O–H groups in total. The number of carbonyl (C=O) groups excluding carboxylic acids is 1. The first kappa shape index (κ1) is 13.1. The van der Waals surface area contributed by atoms with E-state index in [1.165, 1.54) is 0 Å². The first-order valence-electron chi connectivity index (χ1n) is 6.30. The Hall–Kier alpha value is -1.36. The highest BCUT2D eigenvalue weighted by Gasteiger charge is 2.39. The van der Waals surface area contributed by atoms with Crippen molar-refractivity contribution in [2.24, 2.45) is 0 Å². The molecule has 0 saturated carbocycles. The zero-order valence-corrected chi connectivity index (χ0v) is 11.5. The van der Waals surface area contributed by atoms with Crippen LogP contribution in [0.2, 0.25) is 0 Å². The van der Waals surface area contributed by atoms with Gasteiger partial charge in [-0.2, -0.15) is 0 Å². The number of nitrogens with zero attached hydrogens (tertiary/aromatic N) is 3. The third kappa shape index (κ3) is 2.56. The molecule has 1 saturated heterocycles. The molecule has 0 bridgehead atoms. The van der Waals surface area contributed by atoms with E-state index in [0.717, 1.165) is 18.7 Å². The second kappa shape index (κ2) is 4.72. The Labute approximate surface area is 108 Å². The summed E-state index contributed by atoms with van der Waals surface area (Å²) >= 11 is 0. The summed E-state index contributed by atoms with van der Waals surface area (Å²) in [5.74, 6) is 0.216. The van der Waals surface area contributed by atoms with Gasteiger partial charge in [0, 0.05) is 24.7 Å². The van der Waals surface area contributed by atoms with Crippen molar-refractivity contribution in [3.63, 3.8) is 0 Å². The lowest BCUT2D eigenvalue weighted by molar-refractivity contribution is -0.135. The molecule has 0 aliphatic carbocycles.